The number of fused-ring (bicyclic) bond motifs is 1. The van der Waals surface area contributed by atoms with E-state index < -0.39 is 29.0 Å². The Hall–Kier alpha value is -3.11. The number of aromatic nitrogens is 2. The lowest BCUT2D eigenvalue weighted by Crippen LogP contribution is -2.50. The number of hydrogen-bond donors (Lipinski definition) is 1. The van der Waals surface area contributed by atoms with Crippen molar-refractivity contribution in [1.82, 2.24) is 15.5 Å². The third-order valence-corrected chi connectivity index (χ3v) is 6.94. The van der Waals surface area contributed by atoms with Crippen LogP contribution in [-0.2, 0) is 21.5 Å². The molecule has 2 amide bonds. The van der Waals surface area contributed by atoms with Crippen molar-refractivity contribution in [3.8, 4) is 11.5 Å². The molecule has 0 saturated carbocycles. The van der Waals surface area contributed by atoms with E-state index in [2.05, 4.69) is 15.5 Å². The van der Waals surface area contributed by atoms with Gasteiger partial charge in [0.25, 0.3) is 11.8 Å². The Balaban J connectivity index is 1.75. The molecule has 1 unspecified atom stereocenters. The van der Waals surface area contributed by atoms with Crippen molar-refractivity contribution in [3.05, 3.63) is 58.7 Å². The van der Waals surface area contributed by atoms with Crippen molar-refractivity contribution in [2.75, 3.05) is 10.7 Å². The summed E-state index contributed by atoms with van der Waals surface area (Å²) in [7, 11) is 0. The van der Waals surface area contributed by atoms with E-state index >= 15 is 4.39 Å². The van der Waals surface area contributed by atoms with Crippen LogP contribution in [0.2, 0.25) is 5.02 Å². The van der Waals surface area contributed by atoms with Crippen molar-refractivity contribution >= 4 is 41.1 Å². The van der Waals surface area contributed by atoms with E-state index in [0.29, 0.717) is 21.5 Å². The van der Waals surface area contributed by atoms with Crippen LogP contribution >= 0.6 is 23.4 Å². The summed E-state index contributed by atoms with van der Waals surface area (Å²) in [6.07, 6.45) is -0.707. The van der Waals surface area contributed by atoms with Crippen molar-refractivity contribution in [3.63, 3.8) is 0 Å². The molecule has 0 aliphatic carbocycles. The lowest BCUT2D eigenvalue weighted by Gasteiger charge is -2.27. The van der Waals surface area contributed by atoms with Crippen molar-refractivity contribution < 1.29 is 23.1 Å². The monoisotopic (exact) mass is 560 g/mol. The minimum absolute atomic E-state index is 0.0202. The van der Waals surface area contributed by atoms with Gasteiger partial charge in [0.2, 0.25) is 5.89 Å². The molecule has 3 aromatic rings. The Morgan fingerprint density at radius 1 is 1.18 bits per heavy atom. The number of ether oxygens (including phenoxy) is 1. The first-order valence-electron chi connectivity index (χ1n) is 12.1. The molecule has 1 aliphatic heterocycles. The SMILES string of the molecule is CC(C)(C)OC(=O)NC1CSc2cc(F)c(-c3nnc(C(C)(C)C)o3)cc2N(Cc2ccc(Cl)cc2)C1=O. The van der Waals surface area contributed by atoms with Crippen LogP contribution in [0.15, 0.2) is 45.7 Å². The highest BCUT2D eigenvalue weighted by atomic mass is 35.5. The first-order valence-corrected chi connectivity index (χ1v) is 13.4. The van der Waals surface area contributed by atoms with Gasteiger partial charge in [0.05, 0.1) is 17.8 Å². The highest BCUT2D eigenvalue weighted by Gasteiger charge is 2.35. The van der Waals surface area contributed by atoms with Gasteiger partial charge in [0, 0.05) is 21.1 Å². The summed E-state index contributed by atoms with van der Waals surface area (Å²) in [6.45, 7) is 11.1. The molecular weight excluding hydrogens is 531 g/mol. The van der Waals surface area contributed by atoms with E-state index in [1.165, 1.54) is 22.7 Å². The lowest BCUT2D eigenvalue weighted by atomic mass is 9.97. The molecule has 0 spiro atoms. The molecule has 0 bridgehead atoms. The number of carbonyl (C=O) groups excluding carboxylic acids is 2. The van der Waals surface area contributed by atoms with Gasteiger partial charge in [-0.1, -0.05) is 44.5 Å². The normalized spacial score (nSPS) is 16.2. The van der Waals surface area contributed by atoms with E-state index in [1.807, 2.05) is 32.9 Å². The smallest absolute Gasteiger partial charge is 0.408 e. The van der Waals surface area contributed by atoms with Crippen molar-refractivity contribution in [2.45, 2.75) is 70.0 Å². The summed E-state index contributed by atoms with van der Waals surface area (Å²) in [5.74, 6) is -0.345. The van der Waals surface area contributed by atoms with Crippen LogP contribution in [0.1, 0.15) is 53.0 Å². The second-order valence-electron chi connectivity index (χ2n) is 11.0. The lowest BCUT2D eigenvalue weighted by molar-refractivity contribution is -0.120. The number of halogens is 2. The minimum Gasteiger partial charge on any atom is -0.444 e. The molecule has 2 heterocycles. The molecule has 4 rings (SSSR count). The predicted octanol–water partition coefficient (Wildman–Crippen LogP) is 6.36. The zero-order chi connectivity index (χ0) is 27.8. The molecule has 1 aliphatic rings. The molecule has 0 saturated heterocycles. The quantitative estimate of drug-likeness (QED) is 0.396. The minimum atomic E-state index is -0.906. The Kier molecular flexibility index (Phi) is 7.76. The van der Waals surface area contributed by atoms with E-state index in [-0.39, 0.29) is 29.7 Å². The maximum atomic E-state index is 15.3. The molecule has 1 N–H and O–H groups in total. The van der Waals surface area contributed by atoms with Gasteiger partial charge in [-0.25, -0.2) is 9.18 Å². The molecular formula is C27H30ClFN4O4S. The number of nitrogens with one attached hydrogen (secondary N) is 1. The van der Waals surface area contributed by atoms with Crippen LogP contribution < -0.4 is 10.2 Å². The van der Waals surface area contributed by atoms with Gasteiger partial charge in [-0.3, -0.25) is 4.79 Å². The molecule has 0 fully saturated rings. The molecule has 0 radical (unpaired) electrons. The van der Waals surface area contributed by atoms with E-state index in [4.69, 9.17) is 20.8 Å². The van der Waals surface area contributed by atoms with Gasteiger partial charge in [0.1, 0.15) is 17.5 Å². The topological polar surface area (TPSA) is 97.6 Å². The summed E-state index contributed by atoms with van der Waals surface area (Å²) < 4.78 is 26.5. The molecule has 11 heteroatoms. The number of carbonyl (C=O) groups is 2. The maximum Gasteiger partial charge on any atom is 0.408 e. The first-order chi connectivity index (χ1) is 17.7. The Labute approximate surface area is 230 Å². The molecule has 1 atom stereocenters. The Morgan fingerprint density at radius 2 is 1.87 bits per heavy atom. The third kappa shape index (κ3) is 6.47. The Bertz CT molecular complexity index is 1350. The molecule has 1 aromatic heterocycles. The number of alkyl carbamates (subject to hydrolysis) is 1. The number of thioether (sulfide) groups is 1. The zero-order valence-electron chi connectivity index (χ0n) is 22.1. The largest absolute Gasteiger partial charge is 0.444 e. The second-order valence-corrected chi connectivity index (χ2v) is 12.5. The fourth-order valence-corrected chi connectivity index (χ4v) is 4.91. The van der Waals surface area contributed by atoms with Crippen LogP contribution in [0.5, 0.6) is 0 Å². The summed E-state index contributed by atoms with van der Waals surface area (Å²) >= 11 is 7.32. The predicted molar refractivity (Wildman–Crippen MR) is 145 cm³/mol. The van der Waals surface area contributed by atoms with Gasteiger partial charge in [-0.15, -0.1) is 22.0 Å². The van der Waals surface area contributed by atoms with E-state index in [0.717, 1.165) is 5.56 Å². The van der Waals surface area contributed by atoms with Crippen LogP contribution in [-0.4, -0.2) is 39.6 Å². The number of anilines is 1. The van der Waals surface area contributed by atoms with Crippen LogP contribution in [0.3, 0.4) is 0 Å². The van der Waals surface area contributed by atoms with Gasteiger partial charge < -0.3 is 19.4 Å². The first kappa shape index (κ1) is 27.9. The second kappa shape index (κ2) is 10.6. The number of benzene rings is 2. The van der Waals surface area contributed by atoms with Gasteiger partial charge in [-0.2, -0.15) is 0 Å². The Morgan fingerprint density at radius 3 is 2.47 bits per heavy atom. The van der Waals surface area contributed by atoms with E-state index in [9.17, 15) is 9.59 Å². The standard InChI is InChI=1S/C27H30ClFN4O4S/c1-26(2,3)24-32-31-22(36-24)17-11-20-21(12-18(17)29)38-14-19(30-25(35)37-27(4,5)6)23(34)33(20)13-15-7-9-16(28)10-8-15/h7-12,19H,13-14H2,1-6H3,(H,30,35). The van der Waals surface area contributed by atoms with Crippen LogP contribution in [0.25, 0.3) is 11.5 Å². The molecule has 2 aromatic carbocycles. The average Bonchev–Trinajstić information content (AvgIpc) is 3.27. The van der Waals surface area contributed by atoms with Crippen LogP contribution in [0, 0.1) is 5.82 Å². The molecule has 202 valence electrons. The van der Waals surface area contributed by atoms with Gasteiger partial charge >= 0.3 is 6.09 Å². The van der Waals surface area contributed by atoms with Gasteiger partial charge in [0.15, 0.2) is 0 Å². The highest BCUT2D eigenvalue weighted by molar-refractivity contribution is 7.99. The zero-order valence-corrected chi connectivity index (χ0v) is 23.7. The number of amides is 2. The van der Waals surface area contributed by atoms with E-state index in [1.54, 1.807) is 39.0 Å². The van der Waals surface area contributed by atoms with Crippen molar-refractivity contribution in [2.24, 2.45) is 0 Å². The molecule has 38 heavy (non-hydrogen) atoms. The number of hydrogen-bond acceptors (Lipinski definition) is 7. The average molecular weight is 561 g/mol. The number of nitrogens with zero attached hydrogens (tertiary/aromatic N) is 3. The third-order valence-electron chi connectivity index (χ3n) is 5.55. The summed E-state index contributed by atoms with van der Waals surface area (Å²) in [5.41, 5.74) is 0.205. The fourth-order valence-electron chi connectivity index (χ4n) is 3.71. The maximum absolute atomic E-state index is 15.3. The molecule has 8 nitrogen and oxygen atoms in total. The fraction of sp³-hybridized carbons (Fsp3) is 0.407. The summed E-state index contributed by atoms with van der Waals surface area (Å²) in [4.78, 5) is 28.4. The van der Waals surface area contributed by atoms with Crippen molar-refractivity contribution in [1.29, 1.82) is 0 Å². The summed E-state index contributed by atoms with van der Waals surface area (Å²) in [5, 5.41) is 11.4. The van der Waals surface area contributed by atoms with Crippen LogP contribution in [0.4, 0.5) is 14.9 Å². The highest BCUT2D eigenvalue weighted by Crippen LogP contribution is 2.40. The van der Waals surface area contributed by atoms with Gasteiger partial charge in [-0.05, 0) is 50.6 Å². The summed E-state index contributed by atoms with van der Waals surface area (Å²) in [6, 6.07) is 9.07. The number of rotatable bonds is 4.